The Kier molecular flexibility index (Phi) is 17.4. The van der Waals surface area contributed by atoms with Crippen LogP contribution in [0, 0.1) is 46.3 Å². The Bertz CT molecular complexity index is 1920. The van der Waals surface area contributed by atoms with Crippen molar-refractivity contribution in [2.75, 3.05) is 26.4 Å². The highest BCUT2D eigenvalue weighted by Crippen LogP contribution is 2.70. The monoisotopic (exact) mass is 1060 g/mol. The van der Waals surface area contributed by atoms with Crippen LogP contribution in [0.15, 0.2) is 11.6 Å². The summed E-state index contributed by atoms with van der Waals surface area (Å²) in [6.07, 6.45) is -22.5. The van der Waals surface area contributed by atoms with Crippen LogP contribution >= 0.6 is 0 Å². The van der Waals surface area contributed by atoms with Crippen molar-refractivity contribution >= 4 is 0 Å². The van der Waals surface area contributed by atoms with E-state index in [-0.39, 0.29) is 41.3 Å². The second-order valence-corrected chi connectivity index (χ2v) is 23.8. The van der Waals surface area contributed by atoms with E-state index in [1.165, 1.54) is 12.5 Å². The van der Waals surface area contributed by atoms with Gasteiger partial charge in [0.05, 0.1) is 44.7 Å². The first-order chi connectivity index (χ1) is 35.0. The number of ether oxygens (including phenoxy) is 9. The minimum absolute atomic E-state index is 0.0769. The topological polar surface area (TPSA) is 366 Å². The second-order valence-electron chi connectivity index (χ2n) is 23.8. The molecule has 0 aromatic heterocycles. The van der Waals surface area contributed by atoms with Crippen molar-refractivity contribution in [3.05, 3.63) is 11.6 Å². The smallest absolute Gasteiger partial charge is 0.187 e. The summed E-state index contributed by atoms with van der Waals surface area (Å²) in [6.45, 7) is 8.33. The third-order valence-corrected chi connectivity index (χ3v) is 19.5. The fraction of sp³-hybridized carbons (Fsp3) is 0.961. The number of aliphatic hydroxyl groups is 14. The number of allylic oxidation sites excluding steroid dienone is 1. The van der Waals surface area contributed by atoms with E-state index in [0.717, 1.165) is 32.1 Å². The van der Waals surface area contributed by atoms with Gasteiger partial charge in [-0.05, 0) is 98.7 Å². The molecule has 0 amide bonds. The lowest BCUT2D eigenvalue weighted by Crippen LogP contribution is -2.67. The fourth-order valence-corrected chi connectivity index (χ4v) is 15.0. The van der Waals surface area contributed by atoms with Crippen LogP contribution in [0.4, 0.5) is 0 Å². The first-order valence-electron chi connectivity index (χ1n) is 26.9. The van der Waals surface area contributed by atoms with Gasteiger partial charge in [-0.15, -0.1) is 0 Å². The molecule has 23 heteroatoms. The summed E-state index contributed by atoms with van der Waals surface area (Å²) in [6, 6.07) is 0. The zero-order valence-corrected chi connectivity index (χ0v) is 42.9. The number of hydrogen-bond donors (Lipinski definition) is 14. The second kappa shape index (κ2) is 22.4. The summed E-state index contributed by atoms with van der Waals surface area (Å²) in [5, 5.41) is 149. The van der Waals surface area contributed by atoms with Gasteiger partial charge in [0.2, 0.25) is 0 Å². The summed E-state index contributed by atoms with van der Waals surface area (Å²) in [5.74, 6) is -0.351. The normalized spacial score (nSPS) is 54.9. The van der Waals surface area contributed by atoms with E-state index in [9.17, 15) is 71.5 Å². The molecule has 9 aliphatic rings. The molecule has 426 valence electrons. The average molecular weight is 1070 g/mol. The molecule has 9 rings (SSSR count). The SMILES string of the molecule is C[C@@H](CCC1(O)OC2CC3C4CC=C5C[C@@H](O[C@@H]6O[C@H](CO)[C@@H](O)[C@H](O[C@@H]7O[C@H](CO)[C@@H](O)[C@H](O)[C@H]7O)[C@H]6O[C@@H]6O[C@@H](C)[C@H](O)[C@@H](O)[C@H]6O)CC[C@]5(C)C4CC[C@]3(C)C2[C@@H]1C)CO[C@@H]1O[C@H](CO)[C@@H](O)[C@H](O)[C@H]1O. The Labute approximate surface area is 430 Å². The lowest BCUT2D eigenvalue weighted by Gasteiger charge is -2.58. The van der Waals surface area contributed by atoms with Gasteiger partial charge in [0.15, 0.2) is 30.9 Å². The van der Waals surface area contributed by atoms with Gasteiger partial charge in [0.1, 0.15) is 91.6 Å². The number of rotatable bonds is 15. The number of aliphatic hydroxyl groups excluding tert-OH is 13. The lowest BCUT2D eigenvalue weighted by molar-refractivity contribution is -0.394. The first-order valence-corrected chi connectivity index (χ1v) is 26.9. The van der Waals surface area contributed by atoms with Crippen LogP contribution in [-0.2, 0) is 42.6 Å². The molecule has 0 aromatic rings. The molecule has 0 radical (unpaired) electrons. The molecular formula is C51H84O23. The Morgan fingerprint density at radius 1 is 0.635 bits per heavy atom. The van der Waals surface area contributed by atoms with Gasteiger partial charge < -0.3 is 114 Å². The summed E-state index contributed by atoms with van der Waals surface area (Å²) in [4.78, 5) is 0. The van der Waals surface area contributed by atoms with Crippen molar-refractivity contribution < 1.29 is 114 Å². The highest BCUT2D eigenvalue weighted by atomic mass is 16.8. The molecule has 14 N–H and O–H groups in total. The van der Waals surface area contributed by atoms with Crippen molar-refractivity contribution in [3.8, 4) is 0 Å². The van der Waals surface area contributed by atoms with Crippen LogP contribution in [-0.4, -0.2) is 239 Å². The Balaban J connectivity index is 0.864. The summed E-state index contributed by atoms with van der Waals surface area (Å²) in [5.41, 5.74) is 0.989. The van der Waals surface area contributed by atoms with Crippen molar-refractivity contribution in [2.45, 2.75) is 233 Å². The average Bonchev–Trinajstić information content (AvgIpc) is 3.82. The maximum atomic E-state index is 12.1. The molecule has 0 spiro atoms. The van der Waals surface area contributed by atoms with Crippen molar-refractivity contribution in [2.24, 2.45) is 46.3 Å². The van der Waals surface area contributed by atoms with E-state index in [4.69, 9.17) is 42.6 Å². The lowest BCUT2D eigenvalue weighted by atomic mass is 9.47. The minimum Gasteiger partial charge on any atom is -0.394 e. The van der Waals surface area contributed by atoms with E-state index in [1.54, 1.807) is 0 Å². The van der Waals surface area contributed by atoms with Crippen LogP contribution in [0.5, 0.6) is 0 Å². The van der Waals surface area contributed by atoms with E-state index in [0.29, 0.717) is 43.4 Å². The van der Waals surface area contributed by atoms with Gasteiger partial charge in [0, 0.05) is 12.3 Å². The van der Waals surface area contributed by atoms with Gasteiger partial charge in [0.25, 0.3) is 0 Å². The molecule has 0 aromatic carbocycles. The highest BCUT2D eigenvalue weighted by molar-refractivity contribution is 5.26. The zero-order valence-electron chi connectivity index (χ0n) is 42.9. The standard InChI is InChI=1S/C51H84O23/c1-20(19-66-45-40(62)38(60)34(56)29(16-52)69-45)8-13-51(65)21(2)32-28(74-51)15-27-25-7-6-23-14-24(9-11-49(23,4)26(25)10-12-50(27,32)5)68-48-44(73-46-41(63)37(59)33(55)22(3)67-46)43(36(58)31(18-54)71-48)72-47-42(64)39(61)35(57)30(17-53)70-47/h6,20-22,24-48,52-65H,7-19H2,1-5H3/t20-,21-,22-,24-,25?,26?,27?,28?,29+,30+,31+,32?,33-,34+,35+,36+,37+,38-,39-,40+,41+,42+,43-,44+,45+,46-,47-,48+,49-,50-,51?/m0/s1. The van der Waals surface area contributed by atoms with Crippen molar-refractivity contribution in [1.29, 1.82) is 0 Å². The van der Waals surface area contributed by atoms with E-state index in [1.807, 2.05) is 6.92 Å². The highest BCUT2D eigenvalue weighted by Gasteiger charge is 2.68. The zero-order chi connectivity index (χ0) is 53.5. The summed E-state index contributed by atoms with van der Waals surface area (Å²) >= 11 is 0. The van der Waals surface area contributed by atoms with Crippen molar-refractivity contribution in [1.82, 2.24) is 0 Å². The van der Waals surface area contributed by atoms with Crippen LogP contribution in [0.3, 0.4) is 0 Å². The molecular weight excluding hydrogens is 981 g/mol. The number of hydrogen-bond acceptors (Lipinski definition) is 23. The number of fused-ring (bicyclic) bond motifs is 7. The van der Waals surface area contributed by atoms with Crippen LogP contribution in [0.25, 0.3) is 0 Å². The van der Waals surface area contributed by atoms with E-state index in [2.05, 4.69) is 26.8 Å². The minimum atomic E-state index is -1.88. The largest absolute Gasteiger partial charge is 0.394 e. The van der Waals surface area contributed by atoms with Crippen LogP contribution in [0.1, 0.15) is 92.4 Å². The van der Waals surface area contributed by atoms with Gasteiger partial charge in [-0.1, -0.05) is 39.3 Å². The predicted molar refractivity (Wildman–Crippen MR) is 250 cm³/mol. The molecule has 31 atom stereocenters. The first kappa shape index (κ1) is 57.5. The molecule has 5 heterocycles. The van der Waals surface area contributed by atoms with Crippen molar-refractivity contribution in [3.63, 3.8) is 0 Å². The van der Waals surface area contributed by atoms with Gasteiger partial charge >= 0.3 is 0 Å². The Morgan fingerprint density at radius 2 is 1.20 bits per heavy atom. The van der Waals surface area contributed by atoms with Crippen LogP contribution in [0.2, 0.25) is 0 Å². The summed E-state index contributed by atoms with van der Waals surface area (Å²) in [7, 11) is 0. The quantitative estimate of drug-likeness (QED) is 0.0727. The van der Waals surface area contributed by atoms with E-state index < -0.39 is 155 Å². The third kappa shape index (κ3) is 10.2. The maximum Gasteiger partial charge on any atom is 0.187 e. The molecule has 6 unspecified atom stereocenters. The predicted octanol–water partition coefficient (Wildman–Crippen LogP) is -3.01. The van der Waals surface area contributed by atoms with E-state index >= 15 is 0 Å². The maximum absolute atomic E-state index is 12.1. The fourth-order valence-electron chi connectivity index (χ4n) is 15.0. The molecule has 0 bridgehead atoms. The third-order valence-electron chi connectivity index (χ3n) is 19.5. The Morgan fingerprint density at radius 3 is 1.85 bits per heavy atom. The van der Waals surface area contributed by atoms with Gasteiger partial charge in [-0.25, -0.2) is 0 Å². The van der Waals surface area contributed by atoms with Gasteiger partial charge in [-0.3, -0.25) is 0 Å². The van der Waals surface area contributed by atoms with Crippen LogP contribution < -0.4 is 0 Å². The molecule has 8 fully saturated rings. The Hall–Kier alpha value is -1.18. The molecule has 5 saturated heterocycles. The molecule has 3 saturated carbocycles. The van der Waals surface area contributed by atoms with Gasteiger partial charge in [-0.2, -0.15) is 0 Å². The molecule has 23 nitrogen and oxygen atoms in total. The molecule has 4 aliphatic carbocycles. The molecule has 5 aliphatic heterocycles. The molecule has 74 heavy (non-hydrogen) atoms. The summed E-state index contributed by atoms with van der Waals surface area (Å²) < 4.78 is 54.7.